The van der Waals surface area contributed by atoms with Gasteiger partial charge >= 0.3 is 0 Å². The van der Waals surface area contributed by atoms with Crippen molar-refractivity contribution >= 4 is 33.9 Å². The van der Waals surface area contributed by atoms with Crippen LogP contribution >= 0.6 is 33.9 Å². The molecule has 0 aliphatic carbocycles. The van der Waals surface area contributed by atoms with Crippen LogP contribution in [0.1, 0.15) is 35.5 Å². The Kier molecular flexibility index (Phi) is 9.20. The van der Waals surface area contributed by atoms with E-state index in [4.69, 9.17) is 9.47 Å². The van der Waals surface area contributed by atoms with Crippen molar-refractivity contribution in [1.29, 1.82) is 0 Å². The summed E-state index contributed by atoms with van der Waals surface area (Å²) < 4.78 is 11.6. The SMILES string of the molecule is COc1cc([C@H](O)CC=C=C(COc2ccccc2)C[C@@H](O)c2cccs2)cc(I)c1O. The summed E-state index contributed by atoms with van der Waals surface area (Å²) in [6.07, 6.45) is 1.02. The summed E-state index contributed by atoms with van der Waals surface area (Å²) in [5.74, 6) is 1.12. The highest BCUT2D eigenvalue weighted by molar-refractivity contribution is 14.1. The molecular formula is C25H25IO5S. The van der Waals surface area contributed by atoms with Gasteiger partial charge in [0.2, 0.25) is 0 Å². The molecule has 168 valence electrons. The van der Waals surface area contributed by atoms with E-state index in [2.05, 4.69) is 5.73 Å². The van der Waals surface area contributed by atoms with Gasteiger partial charge in [-0.1, -0.05) is 24.3 Å². The van der Waals surface area contributed by atoms with E-state index in [-0.39, 0.29) is 12.4 Å². The largest absolute Gasteiger partial charge is 0.504 e. The number of aliphatic hydroxyl groups excluding tert-OH is 2. The maximum Gasteiger partial charge on any atom is 0.171 e. The van der Waals surface area contributed by atoms with Gasteiger partial charge in [0, 0.05) is 23.3 Å². The topological polar surface area (TPSA) is 79.2 Å². The van der Waals surface area contributed by atoms with Crippen LogP contribution in [0.15, 0.2) is 77.4 Å². The van der Waals surface area contributed by atoms with Crippen LogP contribution < -0.4 is 9.47 Å². The zero-order chi connectivity index (χ0) is 22.9. The second-order valence-corrected chi connectivity index (χ2v) is 9.24. The van der Waals surface area contributed by atoms with E-state index in [0.717, 1.165) is 16.2 Å². The number of hydrogen-bond donors (Lipinski definition) is 3. The van der Waals surface area contributed by atoms with Crippen molar-refractivity contribution in [2.45, 2.75) is 25.0 Å². The highest BCUT2D eigenvalue weighted by Crippen LogP contribution is 2.35. The van der Waals surface area contributed by atoms with E-state index >= 15 is 0 Å². The Labute approximate surface area is 205 Å². The molecule has 0 saturated carbocycles. The molecule has 1 heterocycles. The van der Waals surface area contributed by atoms with Crippen molar-refractivity contribution < 1.29 is 24.8 Å². The maximum absolute atomic E-state index is 10.6. The number of hydrogen-bond acceptors (Lipinski definition) is 6. The van der Waals surface area contributed by atoms with Crippen molar-refractivity contribution in [1.82, 2.24) is 0 Å². The Bertz CT molecular complexity index is 1060. The van der Waals surface area contributed by atoms with Crippen molar-refractivity contribution in [3.8, 4) is 17.2 Å². The molecule has 32 heavy (non-hydrogen) atoms. The predicted molar refractivity (Wildman–Crippen MR) is 134 cm³/mol. The number of aliphatic hydroxyl groups is 2. The number of rotatable bonds is 10. The molecule has 3 N–H and O–H groups in total. The van der Waals surface area contributed by atoms with Gasteiger partial charge in [-0.15, -0.1) is 17.1 Å². The second-order valence-electron chi connectivity index (χ2n) is 7.09. The average molecular weight is 564 g/mol. The highest BCUT2D eigenvalue weighted by Gasteiger charge is 2.14. The molecule has 0 saturated heterocycles. The lowest BCUT2D eigenvalue weighted by Crippen LogP contribution is -2.05. The summed E-state index contributed by atoms with van der Waals surface area (Å²) in [5.41, 5.74) is 4.64. The predicted octanol–water partition coefficient (Wildman–Crippen LogP) is 5.77. The van der Waals surface area contributed by atoms with E-state index in [1.54, 1.807) is 18.2 Å². The number of ether oxygens (including phenoxy) is 2. The number of phenols is 1. The molecule has 0 bridgehead atoms. The fourth-order valence-corrected chi connectivity index (χ4v) is 4.39. The minimum atomic E-state index is -0.788. The van der Waals surface area contributed by atoms with Crippen LogP contribution in [0.5, 0.6) is 17.2 Å². The number of phenolic OH excluding ortho intramolecular Hbond substituents is 1. The highest BCUT2D eigenvalue weighted by atomic mass is 127. The van der Waals surface area contributed by atoms with Gasteiger partial charge in [-0.2, -0.15) is 0 Å². The maximum atomic E-state index is 10.6. The van der Waals surface area contributed by atoms with Gasteiger partial charge in [0.15, 0.2) is 11.5 Å². The molecule has 1 aromatic heterocycles. The second kappa shape index (κ2) is 12.1. The van der Waals surface area contributed by atoms with Crippen molar-refractivity contribution in [3.05, 3.63) is 91.4 Å². The average Bonchev–Trinajstić information content (AvgIpc) is 3.35. The van der Waals surface area contributed by atoms with Crippen LogP contribution in [-0.2, 0) is 0 Å². The van der Waals surface area contributed by atoms with Crippen LogP contribution in [0.4, 0.5) is 0 Å². The zero-order valence-electron chi connectivity index (χ0n) is 17.6. The number of halogens is 1. The summed E-state index contributed by atoms with van der Waals surface area (Å²) in [6.45, 7) is 0.282. The molecule has 0 aliphatic heterocycles. The first-order chi connectivity index (χ1) is 15.5. The first-order valence-corrected chi connectivity index (χ1v) is 12.0. The van der Waals surface area contributed by atoms with Gasteiger partial charge in [-0.05, 0) is 69.9 Å². The van der Waals surface area contributed by atoms with Gasteiger partial charge in [-0.25, -0.2) is 0 Å². The van der Waals surface area contributed by atoms with E-state index in [9.17, 15) is 15.3 Å². The lowest BCUT2D eigenvalue weighted by atomic mass is 10.0. The Balaban J connectivity index is 1.74. The van der Waals surface area contributed by atoms with Crippen molar-refractivity contribution in [2.75, 3.05) is 13.7 Å². The van der Waals surface area contributed by atoms with Crippen LogP contribution in [0.2, 0.25) is 0 Å². The Morgan fingerprint density at radius 3 is 2.59 bits per heavy atom. The van der Waals surface area contributed by atoms with Gasteiger partial charge in [0.25, 0.3) is 0 Å². The third-order valence-electron chi connectivity index (χ3n) is 4.77. The van der Waals surface area contributed by atoms with Crippen molar-refractivity contribution in [3.63, 3.8) is 0 Å². The molecule has 5 nitrogen and oxygen atoms in total. The normalized spacial score (nSPS) is 12.5. The Hall–Kier alpha value is -2.29. The number of methoxy groups -OCH3 is 1. The summed E-state index contributed by atoms with van der Waals surface area (Å²) in [5, 5.41) is 33.1. The molecule has 7 heteroatoms. The molecular weight excluding hydrogens is 539 g/mol. The summed E-state index contributed by atoms with van der Waals surface area (Å²) in [6, 6.07) is 16.6. The Morgan fingerprint density at radius 2 is 1.91 bits per heavy atom. The lowest BCUT2D eigenvalue weighted by molar-refractivity contribution is 0.177. The molecule has 0 amide bonds. The van der Waals surface area contributed by atoms with Gasteiger partial charge < -0.3 is 24.8 Å². The van der Waals surface area contributed by atoms with Gasteiger partial charge in [0.05, 0.1) is 22.9 Å². The summed E-state index contributed by atoms with van der Waals surface area (Å²) in [4.78, 5) is 0.884. The number of para-hydroxylation sites is 1. The van der Waals surface area contributed by atoms with Crippen LogP contribution in [0.3, 0.4) is 0 Å². The smallest absolute Gasteiger partial charge is 0.171 e. The summed E-state index contributed by atoms with van der Waals surface area (Å²) >= 11 is 3.51. The molecule has 2 atom stereocenters. The van der Waals surface area contributed by atoms with Crippen LogP contribution in [0.25, 0.3) is 0 Å². The quantitative estimate of drug-likeness (QED) is 0.215. The molecule has 3 aromatic rings. The number of benzene rings is 2. The minimum absolute atomic E-state index is 0.0578. The van der Waals surface area contributed by atoms with E-state index in [1.165, 1.54) is 18.4 Å². The fourth-order valence-electron chi connectivity index (χ4n) is 3.05. The first-order valence-electron chi connectivity index (χ1n) is 10.0. The monoisotopic (exact) mass is 564 g/mol. The van der Waals surface area contributed by atoms with Crippen LogP contribution in [0, 0.1) is 3.57 Å². The summed E-state index contributed by atoms with van der Waals surface area (Å²) in [7, 11) is 1.47. The third-order valence-corrected chi connectivity index (χ3v) is 6.57. The molecule has 0 spiro atoms. The van der Waals surface area contributed by atoms with E-state index in [0.29, 0.717) is 27.7 Å². The Morgan fingerprint density at radius 1 is 1.12 bits per heavy atom. The molecule has 2 aromatic carbocycles. The lowest BCUT2D eigenvalue weighted by Gasteiger charge is -2.13. The van der Waals surface area contributed by atoms with Gasteiger partial charge in [-0.3, -0.25) is 0 Å². The van der Waals surface area contributed by atoms with Crippen molar-refractivity contribution in [2.24, 2.45) is 0 Å². The fraction of sp³-hybridized carbons (Fsp3) is 0.240. The number of aromatic hydroxyl groups is 1. The van der Waals surface area contributed by atoms with E-state index in [1.807, 2.05) is 70.4 Å². The van der Waals surface area contributed by atoms with Crippen LogP contribution in [-0.4, -0.2) is 29.0 Å². The molecule has 0 radical (unpaired) electrons. The molecule has 0 unspecified atom stereocenters. The minimum Gasteiger partial charge on any atom is -0.504 e. The molecule has 0 aliphatic rings. The third kappa shape index (κ3) is 6.85. The standard InChI is InChI=1S/C25H25IO5S/c1-30-23-15-18(14-20(26)25(23)29)21(27)10-5-7-17(13-22(28)24-11-6-12-32-24)16-31-19-8-3-2-4-9-19/h2-6,8-9,11-12,14-15,21-22,27-29H,10,13,16H2,1H3/t7?,21-,22-/m1/s1. The number of thiophene rings is 1. The first kappa shape index (κ1) is 24.4. The van der Waals surface area contributed by atoms with Gasteiger partial charge in [0.1, 0.15) is 12.4 Å². The zero-order valence-corrected chi connectivity index (χ0v) is 20.5. The van der Waals surface area contributed by atoms with E-state index < -0.39 is 12.2 Å². The molecule has 3 rings (SSSR count). The molecule has 0 fully saturated rings.